The molecule has 1 aliphatic rings. The molecular weight excluding hydrogens is 383 g/mol. The van der Waals surface area contributed by atoms with Crippen molar-refractivity contribution in [3.05, 3.63) is 66.2 Å². The van der Waals surface area contributed by atoms with Crippen molar-refractivity contribution in [3.63, 3.8) is 0 Å². The average molecular weight is 402 g/mol. The second-order valence-electron chi connectivity index (χ2n) is 6.48. The molecule has 0 N–H and O–H groups in total. The summed E-state index contributed by atoms with van der Waals surface area (Å²) in [5.41, 5.74) is 0.547. The number of halogens is 1. The summed E-state index contributed by atoms with van der Waals surface area (Å²) in [4.78, 5) is 2.39. The molecule has 1 aliphatic heterocycles. The Bertz CT molecular complexity index is 1050. The number of piperazine rings is 1. The third kappa shape index (κ3) is 3.79. The van der Waals surface area contributed by atoms with Crippen LogP contribution >= 0.6 is 0 Å². The molecule has 1 aromatic heterocycles. The lowest BCUT2D eigenvalue weighted by Crippen LogP contribution is -2.48. The molecule has 28 heavy (non-hydrogen) atoms. The fourth-order valence-corrected chi connectivity index (χ4v) is 4.63. The molecule has 0 bridgehead atoms. The number of hydrogen-bond acceptors (Lipinski definition) is 6. The molecule has 0 aliphatic carbocycles. The summed E-state index contributed by atoms with van der Waals surface area (Å²) in [7, 11) is -3.48. The van der Waals surface area contributed by atoms with Crippen LogP contribution in [0.4, 0.5) is 4.39 Å². The van der Waals surface area contributed by atoms with E-state index in [0.29, 0.717) is 49.1 Å². The molecule has 8 nitrogen and oxygen atoms in total. The summed E-state index contributed by atoms with van der Waals surface area (Å²) in [5.74, 6) is 0.212. The Morgan fingerprint density at radius 2 is 1.71 bits per heavy atom. The Morgan fingerprint density at radius 3 is 2.43 bits per heavy atom. The van der Waals surface area contributed by atoms with Crippen molar-refractivity contribution in [1.82, 2.24) is 29.4 Å². The molecule has 0 atom stereocenters. The molecule has 0 unspecified atom stereocenters. The Hall–Kier alpha value is -2.69. The number of benzene rings is 2. The molecule has 1 fully saturated rings. The third-order valence-electron chi connectivity index (χ3n) is 4.66. The van der Waals surface area contributed by atoms with Crippen LogP contribution in [0.3, 0.4) is 0 Å². The predicted molar refractivity (Wildman–Crippen MR) is 99.6 cm³/mol. The van der Waals surface area contributed by atoms with Gasteiger partial charge in [-0.2, -0.15) is 8.99 Å². The Kier molecular flexibility index (Phi) is 5.16. The van der Waals surface area contributed by atoms with E-state index in [1.54, 1.807) is 42.5 Å². The molecule has 0 spiro atoms. The van der Waals surface area contributed by atoms with E-state index in [4.69, 9.17) is 0 Å². The zero-order valence-corrected chi connectivity index (χ0v) is 15.8. The molecule has 1 saturated heterocycles. The van der Waals surface area contributed by atoms with Crippen LogP contribution in [0.1, 0.15) is 5.82 Å². The van der Waals surface area contributed by atoms with Gasteiger partial charge in [0.1, 0.15) is 5.82 Å². The van der Waals surface area contributed by atoms with Crippen molar-refractivity contribution in [2.24, 2.45) is 0 Å². The van der Waals surface area contributed by atoms with E-state index < -0.39 is 10.0 Å². The van der Waals surface area contributed by atoms with Crippen molar-refractivity contribution in [2.45, 2.75) is 11.4 Å². The summed E-state index contributed by atoms with van der Waals surface area (Å²) >= 11 is 0. The predicted octanol–water partition coefficient (Wildman–Crippen LogP) is 1.31. The highest BCUT2D eigenvalue weighted by Crippen LogP contribution is 2.18. The van der Waals surface area contributed by atoms with Gasteiger partial charge in [0.15, 0.2) is 5.82 Å². The molecule has 4 rings (SSSR count). The first-order chi connectivity index (χ1) is 13.5. The van der Waals surface area contributed by atoms with E-state index >= 15 is 0 Å². The van der Waals surface area contributed by atoms with Gasteiger partial charge in [0.05, 0.1) is 17.1 Å². The molecule has 0 radical (unpaired) electrons. The van der Waals surface area contributed by atoms with Crippen LogP contribution in [0.5, 0.6) is 0 Å². The lowest BCUT2D eigenvalue weighted by Gasteiger charge is -2.33. The molecule has 0 saturated carbocycles. The van der Waals surface area contributed by atoms with E-state index in [-0.39, 0.29) is 5.82 Å². The van der Waals surface area contributed by atoms with E-state index in [9.17, 15) is 12.8 Å². The highest BCUT2D eigenvalue weighted by Gasteiger charge is 2.29. The van der Waals surface area contributed by atoms with Crippen LogP contribution < -0.4 is 0 Å². The fourth-order valence-electron chi connectivity index (χ4n) is 3.18. The zero-order chi connectivity index (χ0) is 19.6. The van der Waals surface area contributed by atoms with Crippen molar-refractivity contribution in [3.8, 4) is 5.69 Å². The molecule has 0 amide bonds. The molecule has 2 heterocycles. The first-order valence-electron chi connectivity index (χ1n) is 8.85. The van der Waals surface area contributed by atoms with Crippen molar-refractivity contribution < 1.29 is 12.8 Å². The molecule has 2 aromatic carbocycles. The Labute approximate surface area is 162 Å². The average Bonchev–Trinajstić information content (AvgIpc) is 3.17. The maximum atomic E-state index is 13.5. The first-order valence-corrected chi connectivity index (χ1v) is 10.3. The molecule has 3 aromatic rings. The van der Waals surface area contributed by atoms with Crippen molar-refractivity contribution in [1.29, 1.82) is 0 Å². The monoisotopic (exact) mass is 402 g/mol. The van der Waals surface area contributed by atoms with Crippen LogP contribution in [0, 0.1) is 5.82 Å². The van der Waals surface area contributed by atoms with Crippen LogP contribution in [0.15, 0.2) is 59.5 Å². The molecular formula is C18H19FN6O2S. The van der Waals surface area contributed by atoms with E-state index in [1.807, 2.05) is 0 Å². The Balaban J connectivity index is 1.43. The van der Waals surface area contributed by atoms with Gasteiger partial charge in [0.25, 0.3) is 0 Å². The smallest absolute Gasteiger partial charge is 0.243 e. The minimum Gasteiger partial charge on any atom is -0.293 e. The highest BCUT2D eigenvalue weighted by atomic mass is 32.2. The normalized spacial score (nSPS) is 16.3. The maximum absolute atomic E-state index is 13.5. The van der Waals surface area contributed by atoms with Crippen molar-refractivity contribution in [2.75, 3.05) is 26.2 Å². The lowest BCUT2D eigenvalue weighted by molar-refractivity contribution is 0.177. The summed E-state index contributed by atoms with van der Waals surface area (Å²) in [6.45, 7) is 2.34. The van der Waals surface area contributed by atoms with Crippen LogP contribution in [-0.4, -0.2) is 64.0 Å². The van der Waals surface area contributed by atoms with Gasteiger partial charge in [-0.15, -0.1) is 5.10 Å². The quantitative estimate of drug-likeness (QED) is 0.640. The van der Waals surface area contributed by atoms with Gasteiger partial charge in [-0.1, -0.05) is 24.3 Å². The Morgan fingerprint density at radius 1 is 0.964 bits per heavy atom. The van der Waals surface area contributed by atoms with Crippen LogP contribution in [0.2, 0.25) is 0 Å². The van der Waals surface area contributed by atoms with Crippen molar-refractivity contribution >= 4 is 10.0 Å². The first kappa shape index (κ1) is 18.7. The summed E-state index contributed by atoms with van der Waals surface area (Å²) in [6.07, 6.45) is 0. The largest absolute Gasteiger partial charge is 0.293 e. The van der Waals surface area contributed by atoms with Crippen LogP contribution in [0.25, 0.3) is 5.69 Å². The number of hydrogen-bond donors (Lipinski definition) is 0. The molecule has 10 heteroatoms. The van der Waals surface area contributed by atoms with Gasteiger partial charge in [-0.25, -0.2) is 12.8 Å². The van der Waals surface area contributed by atoms with E-state index in [0.717, 1.165) is 0 Å². The van der Waals surface area contributed by atoms with Gasteiger partial charge in [0.2, 0.25) is 10.0 Å². The van der Waals surface area contributed by atoms with E-state index in [1.165, 1.54) is 21.1 Å². The second-order valence-corrected chi connectivity index (χ2v) is 8.42. The third-order valence-corrected chi connectivity index (χ3v) is 6.58. The van der Waals surface area contributed by atoms with Gasteiger partial charge in [0, 0.05) is 26.2 Å². The zero-order valence-electron chi connectivity index (χ0n) is 15.0. The van der Waals surface area contributed by atoms with Gasteiger partial charge < -0.3 is 0 Å². The van der Waals surface area contributed by atoms with E-state index in [2.05, 4.69) is 20.4 Å². The maximum Gasteiger partial charge on any atom is 0.243 e. The summed E-state index contributed by atoms with van der Waals surface area (Å²) < 4.78 is 41.9. The minimum absolute atomic E-state index is 0.304. The minimum atomic E-state index is -3.48. The molecule has 146 valence electrons. The standard InChI is InChI=1S/C18H19FN6O2S/c19-15-5-4-6-16(13-15)25-18(20-21-22-25)14-23-9-11-24(12-10-23)28(26,27)17-7-2-1-3-8-17/h1-8,13H,9-12,14H2. The number of rotatable bonds is 5. The summed E-state index contributed by atoms with van der Waals surface area (Å²) in [6, 6.07) is 14.5. The van der Waals surface area contributed by atoms with Crippen LogP contribution in [-0.2, 0) is 16.6 Å². The van der Waals surface area contributed by atoms with Gasteiger partial charge in [-0.05, 0) is 40.8 Å². The lowest BCUT2D eigenvalue weighted by atomic mass is 10.3. The number of sulfonamides is 1. The topological polar surface area (TPSA) is 84.2 Å². The number of nitrogens with zero attached hydrogens (tertiary/aromatic N) is 6. The fraction of sp³-hybridized carbons (Fsp3) is 0.278. The number of aromatic nitrogens is 4. The second kappa shape index (κ2) is 7.74. The highest BCUT2D eigenvalue weighted by molar-refractivity contribution is 7.89. The van der Waals surface area contributed by atoms with Gasteiger partial charge in [-0.3, -0.25) is 4.90 Å². The van der Waals surface area contributed by atoms with Gasteiger partial charge >= 0.3 is 0 Å². The summed E-state index contributed by atoms with van der Waals surface area (Å²) in [5, 5.41) is 11.7. The number of tetrazole rings is 1. The SMILES string of the molecule is O=S(=O)(c1ccccc1)N1CCN(Cc2nnnn2-c2cccc(F)c2)CC1.